The predicted molar refractivity (Wildman–Crippen MR) is 75.2 cm³/mol. The highest BCUT2D eigenvalue weighted by Crippen LogP contribution is 2.15. The summed E-state index contributed by atoms with van der Waals surface area (Å²) < 4.78 is 5.58. The van der Waals surface area contributed by atoms with E-state index in [9.17, 15) is 9.90 Å². The molecule has 0 heterocycles. The van der Waals surface area contributed by atoms with E-state index in [0.717, 1.165) is 18.4 Å². The van der Waals surface area contributed by atoms with E-state index in [0.29, 0.717) is 5.75 Å². The summed E-state index contributed by atoms with van der Waals surface area (Å²) in [6.45, 7) is 3.52. The van der Waals surface area contributed by atoms with E-state index >= 15 is 0 Å². The van der Waals surface area contributed by atoms with E-state index in [-0.39, 0.29) is 12.0 Å². The standard InChI is InChI=1S/C15H23NO3/c1-11(17)5-6-13-7-9-14(10-8-13)19-12(2)15(18)16(3)4/h7-12,17H,5-6H2,1-4H3. The maximum absolute atomic E-state index is 11.7. The Kier molecular flexibility index (Phi) is 5.83. The number of carbonyl (C=O) groups excluding carboxylic acids is 1. The lowest BCUT2D eigenvalue weighted by molar-refractivity contribution is -0.135. The van der Waals surface area contributed by atoms with E-state index in [4.69, 9.17) is 4.74 Å². The molecular formula is C15H23NO3. The average molecular weight is 265 g/mol. The Morgan fingerprint density at radius 1 is 1.26 bits per heavy atom. The molecule has 0 fully saturated rings. The molecule has 1 rings (SSSR count). The third-order valence-electron chi connectivity index (χ3n) is 2.88. The molecule has 1 aromatic carbocycles. The second-order valence-electron chi connectivity index (χ2n) is 5.02. The van der Waals surface area contributed by atoms with Gasteiger partial charge in [-0.3, -0.25) is 4.79 Å². The number of aryl methyl sites for hydroxylation is 1. The third kappa shape index (κ3) is 5.30. The van der Waals surface area contributed by atoms with Gasteiger partial charge < -0.3 is 14.7 Å². The molecule has 1 aromatic rings. The Balaban J connectivity index is 2.54. The third-order valence-corrected chi connectivity index (χ3v) is 2.88. The van der Waals surface area contributed by atoms with Crippen LogP contribution in [-0.4, -0.2) is 42.2 Å². The van der Waals surface area contributed by atoms with Gasteiger partial charge in [-0.2, -0.15) is 0 Å². The first-order chi connectivity index (χ1) is 8.90. The van der Waals surface area contributed by atoms with Gasteiger partial charge in [0.15, 0.2) is 6.10 Å². The summed E-state index contributed by atoms with van der Waals surface area (Å²) in [6, 6.07) is 7.64. The highest BCUT2D eigenvalue weighted by atomic mass is 16.5. The van der Waals surface area contributed by atoms with Crippen molar-refractivity contribution in [2.75, 3.05) is 14.1 Å². The summed E-state index contributed by atoms with van der Waals surface area (Å²) in [7, 11) is 3.42. The highest BCUT2D eigenvalue weighted by Gasteiger charge is 2.16. The van der Waals surface area contributed by atoms with Gasteiger partial charge >= 0.3 is 0 Å². The molecule has 2 unspecified atom stereocenters. The molecule has 4 heteroatoms. The molecule has 106 valence electrons. The zero-order chi connectivity index (χ0) is 14.4. The lowest BCUT2D eigenvalue weighted by Crippen LogP contribution is -2.35. The maximum Gasteiger partial charge on any atom is 0.262 e. The first kappa shape index (κ1) is 15.5. The van der Waals surface area contributed by atoms with Gasteiger partial charge in [0.05, 0.1) is 6.10 Å². The lowest BCUT2D eigenvalue weighted by Gasteiger charge is -2.18. The number of rotatable bonds is 6. The van der Waals surface area contributed by atoms with Crippen molar-refractivity contribution in [2.45, 2.75) is 38.9 Å². The van der Waals surface area contributed by atoms with Crippen LogP contribution in [0, 0.1) is 0 Å². The molecule has 0 aliphatic heterocycles. The number of hydrogen-bond acceptors (Lipinski definition) is 3. The van der Waals surface area contributed by atoms with Crippen LogP contribution in [0.2, 0.25) is 0 Å². The maximum atomic E-state index is 11.7. The number of aliphatic hydroxyl groups excluding tert-OH is 1. The van der Waals surface area contributed by atoms with Crippen LogP contribution < -0.4 is 4.74 Å². The summed E-state index contributed by atoms with van der Waals surface area (Å²) in [5.74, 6) is 0.627. The minimum Gasteiger partial charge on any atom is -0.481 e. The average Bonchev–Trinajstić information content (AvgIpc) is 2.36. The molecule has 4 nitrogen and oxygen atoms in total. The van der Waals surface area contributed by atoms with Crippen LogP contribution in [0.3, 0.4) is 0 Å². The SMILES string of the molecule is CC(O)CCc1ccc(OC(C)C(=O)N(C)C)cc1. The molecule has 19 heavy (non-hydrogen) atoms. The summed E-state index contributed by atoms with van der Waals surface area (Å²) in [4.78, 5) is 13.2. The number of nitrogens with zero attached hydrogens (tertiary/aromatic N) is 1. The van der Waals surface area contributed by atoms with Crippen LogP contribution >= 0.6 is 0 Å². The van der Waals surface area contributed by atoms with E-state index in [1.54, 1.807) is 27.9 Å². The van der Waals surface area contributed by atoms with Crippen LogP contribution in [0.25, 0.3) is 0 Å². The van der Waals surface area contributed by atoms with E-state index < -0.39 is 6.10 Å². The minimum absolute atomic E-state index is 0.0572. The quantitative estimate of drug-likeness (QED) is 0.854. The van der Waals surface area contributed by atoms with E-state index in [1.165, 1.54) is 4.90 Å². The molecule has 0 bridgehead atoms. The van der Waals surface area contributed by atoms with Crippen molar-refractivity contribution in [3.63, 3.8) is 0 Å². The highest BCUT2D eigenvalue weighted by molar-refractivity contribution is 5.80. The van der Waals surface area contributed by atoms with Crippen LogP contribution in [0.1, 0.15) is 25.8 Å². The number of benzene rings is 1. The van der Waals surface area contributed by atoms with Gasteiger partial charge in [-0.05, 0) is 44.4 Å². The molecule has 1 amide bonds. The largest absolute Gasteiger partial charge is 0.481 e. The van der Waals surface area contributed by atoms with Gasteiger partial charge in [-0.25, -0.2) is 0 Å². The van der Waals surface area contributed by atoms with Gasteiger partial charge in [0, 0.05) is 14.1 Å². The normalized spacial score (nSPS) is 13.7. The Morgan fingerprint density at radius 2 is 1.84 bits per heavy atom. The number of carbonyl (C=O) groups is 1. The minimum atomic E-state index is -0.488. The predicted octanol–water partition coefficient (Wildman–Crippen LogP) is 1.86. The van der Waals surface area contributed by atoms with Crippen molar-refractivity contribution in [1.82, 2.24) is 4.90 Å². The number of hydrogen-bond donors (Lipinski definition) is 1. The van der Waals surface area contributed by atoms with Crippen molar-refractivity contribution in [3.05, 3.63) is 29.8 Å². The molecule has 0 aliphatic rings. The van der Waals surface area contributed by atoms with Crippen molar-refractivity contribution >= 4 is 5.91 Å². The Morgan fingerprint density at radius 3 is 2.32 bits per heavy atom. The lowest BCUT2D eigenvalue weighted by atomic mass is 10.1. The van der Waals surface area contributed by atoms with Gasteiger partial charge in [-0.15, -0.1) is 0 Å². The Bertz CT molecular complexity index is 398. The molecular weight excluding hydrogens is 242 g/mol. The van der Waals surface area contributed by atoms with Crippen LogP contribution in [0.4, 0.5) is 0 Å². The summed E-state index contributed by atoms with van der Waals surface area (Å²) in [5, 5.41) is 9.23. The second kappa shape index (κ2) is 7.14. The van der Waals surface area contributed by atoms with Crippen LogP contribution in [0.5, 0.6) is 5.75 Å². The molecule has 0 radical (unpaired) electrons. The monoisotopic (exact) mass is 265 g/mol. The molecule has 0 spiro atoms. The first-order valence-electron chi connectivity index (χ1n) is 6.55. The number of aliphatic hydroxyl groups is 1. The second-order valence-corrected chi connectivity index (χ2v) is 5.02. The smallest absolute Gasteiger partial charge is 0.262 e. The van der Waals surface area contributed by atoms with Crippen LogP contribution in [-0.2, 0) is 11.2 Å². The van der Waals surface area contributed by atoms with Gasteiger partial charge in [-0.1, -0.05) is 12.1 Å². The fourth-order valence-corrected chi connectivity index (χ4v) is 1.73. The summed E-state index contributed by atoms with van der Waals surface area (Å²) in [5.41, 5.74) is 1.15. The summed E-state index contributed by atoms with van der Waals surface area (Å²) >= 11 is 0. The molecule has 2 atom stereocenters. The fourth-order valence-electron chi connectivity index (χ4n) is 1.73. The van der Waals surface area contributed by atoms with Gasteiger partial charge in [0.25, 0.3) is 5.91 Å². The molecule has 0 aromatic heterocycles. The van der Waals surface area contributed by atoms with E-state index in [1.807, 2.05) is 24.3 Å². The fraction of sp³-hybridized carbons (Fsp3) is 0.533. The number of amides is 1. The van der Waals surface area contributed by atoms with Gasteiger partial charge in [0.2, 0.25) is 0 Å². The molecule has 0 saturated carbocycles. The van der Waals surface area contributed by atoms with Crippen molar-refractivity contribution in [2.24, 2.45) is 0 Å². The number of ether oxygens (including phenoxy) is 1. The zero-order valence-electron chi connectivity index (χ0n) is 12.1. The van der Waals surface area contributed by atoms with Gasteiger partial charge in [0.1, 0.15) is 5.75 Å². The van der Waals surface area contributed by atoms with E-state index in [2.05, 4.69) is 0 Å². The molecule has 0 aliphatic carbocycles. The van der Waals surface area contributed by atoms with Crippen LogP contribution in [0.15, 0.2) is 24.3 Å². The van der Waals surface area contributed by atoms with Crippen molar-refractivity contribution in [1.29, 1.82) is 0 Å². The summed E-state index contributed by atoms with van der Waals surface area (Å²) in [6.07, 6.45) is 0.812. The molecule has 1 N–H and O–H groups in total. The number of likely N-dealkylation sites (N-methyl/N-ethyl adjacent to an activating group) is 1. The van der Waals surface area contributed by atoms with Crippen molar-refractivity contribution in [3.8, 4) is 5.75 Å². The first-order valence-corrected chi connectivity index (χ1v) is 6.55. The Labute approximate surface area is 115 Å². The molecule has 0 saturated heterocycles. The zero-order valence-corrected chi connectivity index (χ0v) is 12.1. The van der Waals surface area contributed by atoms with Crippen molar-refractivity contribution < 1.29 is 14.6 Å². The topological polar surface area (TPSA) is 49.8 Å². The Hall–Kier alpha value is -1.55.